The van der Waals surface area contributed by atoms with E-state index in [4.69, 9.17) is 10.5 Å². The number of aromatic amines is 2. The van der Waals surface area contributed by atoms with Crippen LogP contribution in [0.4, 0.5) is 11.9 Å². The highest BCUT2D eigenvalue weighted by Crippen LogP contribution is 2.13. The average Bonchev–Trinajstić information content (AvgIpc) is 2.86. The van der Waals surface area contributed by atoms with Crippen LogP contribution < -0.4 is 21.3 Å². The topological polar surface area (TPSA) is 122 Å². The van der Waals surface area contributed by atoms with Gasteiger partial charge in [-0.2, -0.15) is 9.97 Å². The highest BCUT2D eigenvalue weighted by atomic mass is 16.5. The zero-order valence-corrected chi connectivity index (χ0v) is 11.3. The lowest BCUT2D eigenvalue weighted by Gasteiger charge is -2.06. The first-order valence-electron chi connectivity index (χ1n) is 6.28. The standard InChI is InChI=1S/C13H14N6O2/c1-21-8-4-2-3-7(5-8)6-15-13-18-10-9(11(20)19-13)16-12(14)17-10/h2-5H,6H2,1H3,(H5,14,15,16,17,18,19,20). The Hall–Kier alpha value is -3.03. The molecule has 0 saturated carbocycles. The number of nitrogens with one attached hydrogen (secondary N) is 3. The first-order valence-corrected chi connectivity index (χ1v) is 6.28. The van der Waals surface area contributed by atoms with Gasteiger partial charge in [-0.3, -0.25) is 9.78 Å². The van der Waals surface area contributed by atoms with E-state index in [0.717, 1.165) is 11.3 Å². The van der Waals surface area contributed by atoms with Gasteiger partial charge in [0.05, 0.1) is 7.11 Å². The fourth-order valence-electron chi connectivity index (χ4n) is 1.98. The number of hydrogen-bond acceptors (Lipinski definition) is 6. The molecule has 0 radical (unpaired) electrons. The maximum atomic E-state index is 11.8. The van der Waals surface area contributed by atoms with E-state index >= 15 is 0 Å². The van der Waals surface area contributed by atoms with E-state index in [2.05, 4.69) is 25.3 Å². The van der Waals surface area contributed by atoms with Crippen LogP contribution in [0.2, 0.25) is 0 Å². The van der Waals surface area contributed by atoms with Crippen LogP contribution in [-0.2, 0) is 6.54 Å². The number of ether oxygens (including phenoxy) is 1. The van der Waals surface area contributed by atoms with Gasteiger partial charge in [-0.15, -0.1) is 0 Å². The van der Waals surface area contributed by atoms with Crippen molar-refractivity contribution in [3.05, 3.63) is 40.2 Å². The number of methoxy groups -OCH3 is 1. The van der Waals surface area contributed by atoms with Gasteiger partial charge < -0.3 is 20.8 Å². The van der Waals surface area contributed by atoms with E-state index in [1.807, 2.05) is 24.3 Å². The van der Waals surface area contributed by atoms with Gasteiger partial charge in [0.2, 0.25) is 5.95 Å². The Labute approximate surface area is 119 Å². The van der Waals surface area contributed by atoms with E-state index in [1.54, 1.807) is 7.11 Å². The van der Waals surface area contributed by atoms with Gasteiger partial charge in [0.15, 0.2) is 17.1 Å². The summed E-state index contributed by atoms with van der Waals surface area (Å²) in [5.41, 5.74) is 6.73. The number of hydrogen-bond donors (Lipinski definition) is 4. The Morgan fingerprint density at radius 3 is 3.00 bits per heavy atom. The quantitative estimate of drug-likeness (QED) is 0.564. The molecule has 2 heterocycles. The molecule has 108 valence electrons. The second-order valence-electron chi connectivity index (χ2n) is 4.44. The van der Waals surface area contributed by atoms with E-state index in [9.17, 15) is 4.79 Å². The third kappa shape index (κ3) is 2.64. The Morgan fingerprint density at radius 2 is 2.19 bits per heavy atom. The third-order valence-corrected chi connectivity index (χ3v) is 2.97. The lowest BCUT2D eigenvalue weighted by atomic mass is 10.2. The minimum Gasteiger partial charge on any atom is -0.497 e. The highest BCUT2D eigenvalue weighted by molar-refractivity contribution is 5.72. The Bertz CT molecular complexity index is 838. The summed E-state index contributed by atoms with van der Waals surface area (Å²) in [6.45, 7) is 0.492. The summed E-state index contributed by atoms with van der Waals surface area (Å²) < 4.78 is 5.16. The molecule has 0 aliphatic carbocycles. The van der Waals surface area contributed by atoms with Crippen molar-refractivity contribution in [2.45, 2.75) is 6.54 Å². The zero-order chi connectivity index (χ0) is 14.8. The fourth-order valence-corrected chi connectivity index (χ4v) is 1.98. The van der Waals surface area contributed by atoms with Crippen LogP contribution in [0.3, 0.4) is 0 Å². The van der Waals surface area contributed by atoms with Crippen molar-refractivity contribution in [3.8, 4) is 5.75 Å². The molecule has 0 unspecified atom stereocenters. The molecule has 2 aromatic heterocycles. The summed E-state index contributed by atoms with van der Waals surface area (Å²) in [6, 6.07) is 7.60. The maximum absolute atomic E-state index is 11.8. The molecule has 0 fully saturated rings. The molecule has 8 heteroatoms. The van der Waals surface area contributed by atoms with Crippen LogP contribution in [0.15, 0.2) is 29.1 Å². The molecule has 0 amide bonds. The summed E-state index contributed by atoms with van der Waals surface area (Å²) in [5.74, 6) is 1.26. The first-order chi connectivity index (χ1) is 10.2. The van der Waals surface area contributed by atoms with Gasteiger partial charge in [0, 0.05) is 6.54 Å². The molecule has 5 N–H and O–H groups in total. The molecule has 3 rings (SSSR count). The van der Waals surface area contributed by atoms with Gasteiger partial charge in [0.1, 0.15) is 5.75 Å². The average molecular weight is 286 g/mol. The number of anilines is 2. The molecule has 3 aromatic rings. The normalized spacial score (nSPS) is 10.7. The number of nitrogens with two attached hydrogens (primary N) is 1. The minimum atomic E-state index is -0.322. The summed E-state index contributed by atoms with van der Waals surface area (Å²) in [4.78, 5) is 25.3. The number of nitrogens with zero attached hydrogens (tertiary/aromatic N) is 2. The summed E-state index contributed by atoms with van der Waals surface area (Å²) in [7, 11) is 1.61. The smallest absolute Gasteiger partial charge is 0.278 e. The number of imidazole rings is 1. The second-order valence-corrected chi connectivity index (χ2v) is 4.44. The van der Waals surface area contributed by atoms with Crippen LogP contribution in [0.1, 0.15) is 5.56 Å². The Kier molecular flexibility index (Phi) is 3.19. The van der Waals surface area contributed by atoms with E-state index < -0.39 is 0 Å². The highest BCUT2D eigenvalue weighted by Gasteiger charge is 2.08. The van der Waals surface area contributed by atoms with Gasteiger partial charge in [-0.1, -0.05) is 12.1 Å². The van der Waals surface area contributed by atoms with Crippen LogP contribution in [-0.4, -0.2) is 27.0 Å². The van der Waals surface area contributed by atoms with Crippen molar-refractivity contribution in [2.24, 2.45) is 0 Å². The van der Waals surface area contributed by atoms with Crippen LogP contribution in [0.5, 0.6) is 5.75 Å². The van der Waals surface area contributed by atoms with Crippen LogP contribution in [0, 0.1) is 0 Å². The molecular formula is C13H14N6O2. The number of fused-ring (bicyclic) bond motifs is 1. The summed E-state index contributed by atoms with van der Waals surface area (Å²) in [6.07, 6.45) is 0. The van der Waals surface area contributed by atoms with Crippen LogP contribution in [0.25, 0.3) is 11.2 Å². The van der Waals surface area contributed by atoms with Crippen LogP contribution >= 0.6 is 0 Å². The number of benzene rings is 1. The molecule has 0 bridgehead atoms. The van der Waals surface area contributed by atoms with Crippen molar-refractivity contribution >= 4 is 23.1 Å². The predicted octanol–water partition coefficient (Wildman–Crippen LogP) is 0.849. The van der Waals surface area contributed by atoms with Gasteiger partial charge in [-0.05, 0) is 17.7 Å². The minimum absolute atomic E-state index is 0.160. The second kappa shape index (κ2) is 5.16. The molecular weight excluding hydrogens is 272 g/mol. The molecule has 1 aromatic carbocycles. The van der Waals surface area contributed by atoms with E-state index in [1.165, 1.54) is 0 Å². The molecule has 21 heavy (non-hydrogen) atoms. The molecule has 0 atom stereocenters. The number of nitrogen functional groups attached to an aromatic ring is 1. The summed E-state index contributed by atoms with van der Waals surface area (Å²) in [5, 5.41) is 3.04. The molecule has 8 nitrogen and oxygen atoms in total. The van der Waals surface area contributed by atoms with E-state index in [0.29, 0.717) is 12.5 Å². The van der Waals surface area contributed by atoms with Gasteiger partial charge >= 0.3 is 0 Å². The SMILES string of the molecule is COc1cccc(CNc2nc3nc(N)[nH]c3c(=O)[nH]2)c1. The van der Waals surface area contributed by atoms with Crippen molar-refractivity contribution < 1.29 is 4.74 Å². The Balaban J connectivity index is 1.83. The lowest BCUT2D eigenvalue weighted by molar-refractivity contribution is 0.414. The van der Waals surface area contributed by atoms with Crippen molar-refractivity contribution in [2.75, 3.05) is 18.2 Å². The Morgan fingerprint density at radius 1 is 1.33 bits per heavy atom. The zero-order valence-electron chi connectivity index (χ0n) is 11.3. The van der Waals surface area contributed by atoms with Crippen molar-refractivity contribution in [1.82, 2.24) is 19.9 Å². The third-order valence-electron chi connectivity index (χ3n) is 2.97. The number of aromatic nitrogens is 4. The van der Waals surface area contributed by atoms with E-state index in [-0.39, 0.29) is 22.7 Å². The molecule has 0 aliphatic heterocycles. The first kappa shape index (κ1) is 13.0. The fraction of sp³-hybridized carbons (Fsp3) is 0.154. The molecule has 0 saturated heterocycles. The van der Waals surface area contributed by atoms with Crippen molar-refractivity contribution in [1.29, 1.82) is 0 Å². The largest absolute Gasteiger partial charge is 0.497 e. The predicted molar refractivity (Wildman–Crippen MR) is 79.2 cm³/mol. The molecule has 0 aliphatic rings. The summed E-state index contributed by atoms with van der Waals surface area (Å²) >= 11 is 0. The van der Waals surface area contributed by atoms with Crippen molar-refractivity contribution in [3.63, 3.8) is 0 Å². The lowest BCUT2D eigenvalue weighted by Crippen LogP contribution is -2.13. The van der Waals surface area contributed by atoms with Gasteiger partial charge in [-0.25, -0.2) is 0 Å². The number of H-pyrrole nitrogens is 2. The monoisotopic (exact) mass is 286 g/mol. The van der Waals surface area contributed by atoms with Gasteiger partial charge in [0.25, 0.3) is 5.56 Å². The molecule has 0 spiro atoms. The maximum Gasteiger partial charge on any atom is 0.278 e. The number of rotatable bonds is 4.